The minimum atomic E-state index is -0.148. The summed E-state index contributed by atoms with van der Waals surface area (Å²) < 4.78 is 0.971. The quantitative estimate of drug-likeness (QED) is 0.816. The van der Waals surface area contributed by atoms with E-state index in [4.69, 9.17) is 0 Å². The summed E-state index contributed by atoms with van der Waals surface area (Å²) in [7, 11) is 0. The Bertz CT molecular complexity index is 673. The van der Waals surface area contributed by atoms with Crippen LogP contribution in [-0.2, 0) is 0 Å². The largest absolute Gasteiger partial charge is 0.368 e. The minimum absolute atomic E-state index is 0.148. The molecule has 0 saturated heterocycles. The number of pyridine rings is 1. The Morgan fingerprint density at radius 3 is 2.77 bits per heavy atom. The fourth-order valence-corrected chi connectivity index (χ4v) is 2.26. The topological polar surface area (TPSA) is 54.0 Å². The van der Waals surface area contributed by atoms with E-state index in [1.165, 1.54) is 0 Å². The summed E-state index contributed by atoms with van der Waals surface area (Å²) >= 11 is 3.47. The van der Waals surface area contributed by atoms with Crippen molar-refractivity contribution in [1.29, 1.82) is 0 Å². The van der Waals surface area contributed by atoms with E-state index in [9.17, 15) is 4.79 Å². The van der Waals surface area contributed by atoms with E-state index in [2.05, 4.69) is 45.4 Å². The Hall–Kier alpha value is -1.88. The number of carbonyl (C=O) groups excluding carboxylic acids is 1. The summed E-state index contributed by atoms with van der Waals surface area (Å²) in [4.78, 5) is 16.6. The molecule has 5 heteroatoms. The molecule has 1 unspecified atom stereocenters. The number of hydrogen-bond acceptors (Lipinski definition) is 3. The van der Waals surface area contributed by atoms with E-state index in [0.717, 1.165) is 22.1 Å². The van der Waals surface area contributed by atoms with Gasteiger partial charge >= 0.3 is 0 Å². The van der Waals surface area contributed by atoms with Crippen LogP contribution in [0.15, 0.2) is 41.0 Å². The van der Waals surface area contributed by atoms with Gasteiger partial charge in [-0.05, 0) is 50.1 Å². The highest BCUT2D eigenvalue weighted by Gasteiger charge is 2.09. The van der Waals surface area contributed by atoms with Crippen LogP contribution < -0.4 is 10.6 Å². The normalized spacial score (nSPS) is 11.8. The third kappa shape index (κ3) is 4.31. The zero-order valence-corrected chi connectivity index (χ0v) is 14.6. The third-order valence-corrected chi connectivity index (χ3v) is 4.31. The van der Waals surface area contributed by atoms with Gasteiger partial charge in [0, 0.05) is 28.0 Å². The highest BCUT2D eigenvalue weighted by Crippen LogP contribution is 2.21. The Balaban J connectivity index is 2.12. The van der Waals surface area contributed by atoms with E-state index < -0.39 is 0 Å². The lowest BCUT2D eigenvalue weighted by Gasteiger charge is -2.13. The van der Waals surface area contributed by atoms with Crippen LogP contribution in [0, 0.1) is 6.92 Å². The molecule has 0 fully saturated rings. The first-order valence-corrected chi connectivity index (χ1v) is 8.09. The number of anilines is 2. The van der Waals surface area contributed by atoms with Crippen molar-refractivity contribution >= 4 is 33.3 Å². The summed E-state index contributed by atoms with van der Waals surface area (Å²) in [5.74, 6) is 0.567. The molecule has 0 aliphatic carbocycles. The van der Waals surface area contributed by atoms with Gasteiger partial charge in [-0.15, -0.1) is 0 Å². The minimum Gasteiger partial charge on any atom is -0.368 e. The Morgan fingerprint density at radius 1 is 1.32 bits per heavy atom. The highest BCUT2D eigenvalue weighted by atomic mass is 79.9. The Labute approximate surface area is 139 Å². The van der Waals surface area contributed by atoms with Crippen molar-refractivity contribution in [2.45, 2.75) is 33.2 Å². The number of aryl methyl sites for hydroxylation is 1. The monoisotopic (exact) mass is 361 g/mol. The van der Waals surface area contributed by atoms with Crippen molar-refractivity contribution in [3.8, 4) is 0 Å². The van der Waals surface area contributed by atoms with Crippen molar-refractivity contribution in [3.05, 3.63) is 52.1 Å². The van der Waals surface area contributed by atoms with Gasteiger partial charge < -0.3 is 10.6 Å². The molecular weight excluding hydrogens is 342 g/mol. The molecule has 2 aromatic rings. The number of nitrogens with one attached hydrogen (secondary N) is 2. The van der Waals surface area contributed by atoms with Gasteiger partial charge in [-0.25, -0.2) is 4.98 Å². The van der Waals surface area contributed by atoms with E-state index in [-0.39, 0.29) is 5.91 Å². The van der Waals surface area contributed by atoms with Crippen LogP contribution in [0.2, 0.25) is 0 Å². The van der Waals surface area contributed by atoms with E-state index in [0.29, 0.717) is 17.4 Å². The fraction of sp³-hybridized carbons (Fsp3) is 0.294. The average molecular weight is 362 g/mol. The second-order valence-corrected chi connectivity index (χ2v) is 6.16. The summed E-state index contributed by atoms with van der Waals surface area (Å²) in [6.45, 7) is 6.19. The van der Waals surface area contributed by atoms with Crippen LogP contribution in [0.25, 0.3) is 0 Å². The van der Waals surface area contributed by atoms with Crippen LogP contribution in [0.5, 0.6) is 0 Å². The first kappa shape index (κ1) is 16.5. The van der Waals surface area contributed by atoms with Gasteiger partial charge in [-0.1, -0.05) is 28.9 Å². The Morgan fingerprint density at radius 2 is 2.09 bits per heavy atom. The number of rotatable bonds is 5. The zero-order chi connectivity index (χ0) is 16.1. The molecule has 1 aromatic heterocycles. The number of nitrogens with zero attached hydrogens (tertiary/aromatic N) is 1. The van der Waals surface area contributed by atoms with Crippen LogP contribution in [0.1, 0.15) is 36.2 Å². The second-order valence-electron chi connectivity index (χ2n) is 5.30. The van der Waals surface area contributed by atoms with Crippen LogP contribution >= 0.6 is 15.9 Å². The van der Waals surface area contributed by atoms with Crippen molar-refractivity contribution in [1.82, 2.24) is 4.98 Å². The molecule has 2 rings (SSSR count). The van der Waals surface area contributed by atoms with Crippen molar-refractivity contribution in [2.24, 2.45) is 0 Å². The third-order valence-electron chi connectivity index (χ3n) is 3.46. The van der Waals surface area contributed by atoms with Crippen molar-refractivity contribution in [2.75, 3.05) is 10.6 Å². The van der Waals surface area contributed by atoms with Crippen LogP contribution in [-0.4, -0.2) is 16.9 Å². The maximum Gasteiger partial charge on any atom is 0.255 e. The van der Waals surface area contributed by atoms with E-state index in [1.807, 2.05) is 25.1 Å². The molecular formula is C17H20BrN3O. The smallest absolute Gasteiger partial charge is 0.255 e. The van der Waals surface area contributed by atoms with Gasteiger partial charge in [0.05, 0.1) is 0 Å². The summed E-state index contributed by atoms with van der Waals surface area (Å²) in [5, 5.41) is 6.16. The molecule has 4 nitrogen and oxygen atoms in total. The van der Waals surface area contributed by atoms with Gasteiger partial charge in [0.2, 0.25) is 0 Å². The molecule has 0 saturated carbocycles. The zero-order valence-electron chi connectivity index (χ0n) is 13.0. The molecule has 116 valence electrons. The van der Waals surface area contributed by atoms with Gasteiger partial charge in [-0.2, -0.15) is 0 Å². The predicted molar refractivity (Wildman–Crippen MR) is 94.4 cm³/mol. The predicted octanol–water partition coefficient (Wildman–Crippen LogP) is 4.62. The molecule has 22 heavy (non-hydrogen) atoms. The molecule has 1 atom stereocenters. The lowest BCUT2D eigenvalue weighted by molar-refractivity contribution is 0.102. The molecule has 0 radical (unpaired) electrons. The number of amides is 1. The Kier molecular flexibility index (Phi) is 5.55. The number of carbonyl (C=O) groups is 1. The van der Waals surface area contributed by atoms with E-state index in [1.54, 1.807) is 18.3 Å². The lowest BCUT2D eigenvalue weighted by Crippen LogP contribution is -2.16. The highest BCUT2D eigenvalue weighted by molar-refractivity contribution is 9.10. The molecule has 0 spiro atoms. The molecule has 0 aliphatic heterocycles. The number of hydrogen-bond donors (Lipinski definition) is 2. The van der Waals surface area contributed by atoms with Gasteiger partial charge in [0.15, 0.2) is 0 Å². The number of aromatic nitrogens is 1. The lowest BCUT2D eigenvalue weighted by atomic mass is 10.2. The number of benzene rings is 1. The van der Waals surface area contributed by atoms with Gasteiger partial charge in [0.25, 0.3) is 5.91 Å². The first-order valence-electron chi connectivity index (χ1n) is 7.29. The summed E-state index contributed by atoms with van der Waals surface area (Å²) in [6, 6.07) is 9.54. The second kappa shape index (κ2) is 7.40. The van der Waals surface area contributed by atoms with Crippen LogP contribution in [0.3, 0.4) is 0 Å². The fourth-order valence-electron chi connectivity index (χ4n) is 1.88. The molecule has 0 bridgehead atoms. The average Bonchev–Trinajstić information content (AvgIpc) is 2.51. The van der Waals surface area contributed by atoms with E-state index >= 15 is 0 Å². The molecule has 2 N–H and O–H groups in total. The summed E-state index contributed by atoms with van der Waals surface area (Å²) in [6.07, 6.45) is 2.64. The van der Waals surface area contributed by atoms with Crippen LogP contribution in [0.4, 0.5) is 11.5 Å². The molecule has 1 heterocycles. The molecule has 1 aromatic carbocycles. The van der Waals surface area contributed by atoms with Crippen molar-refractivity contribution < 1.29 is 4.79 Å². The SMILES string of the molecule is CCC(C)Nc1cc(C(=O)Nc2ccc(C)c(Br)c2)ccn1. The maximum atomic E-state index is 12.3. The maximum absolute atomic E-state index is 12.3. The molecule has 1 amide bonds. The first-order chi connectivity index (χ1) is 10.5. The number of halogens is 1. The van der Waals surface area contributed by atoms with Crippen molar-refractivity contribution in [3.63, 3.8) is 0 Å². The summed E-state index contributed by atoms with van der Waals surface area (Å²) in [5.41, 5.74) is 2.47. The van der Waals surface area contributed by atoms with Gasteiger partial charge in [0.1, 0.15) is 5.82 Å². The standard InChI is InChI=1S/C17H20BrN3O/c1-4-12(3)20-16-9-13(7-8-19-16)17(22)21-14-6-5-11(2)15(18)10-14/h5-10,12H,4H2,1-3H3,(H,19,20)(H,21,22). The van der Waals surface area contributed by atoms with Gasteiger partial charge in [-0.3, -0.25) is 4.79 Å². The molecule has 0 aliphatic rings.